The Balaban J connectivity index is 1.93. The molecule has 6 nitrogen and oxygen atoms in total. The fraction of sp³-hybridized carbons (Fsp3) is 0.238. The number of rotatable bonds is 5. The highest BCUT2D eigenvalue weighted by Crippen LogP contribution is 2.43. The number of benzene rings is 2. The largest absolute Gasteiger partial charge is 0.426 e. The predicted octanol–water partition coefficient (Wildman–Crippen LogP) is 5.91. The zero-order valence-corrected chi connectivity index (χ0v) is 18.2. The van der Waals surface area contributed by atoms with Crippen LogP contribution in [0, 0.1) is 15.5 Å². The van der Waals surface area contributed by atoms with Gasteiger partial charge in [0.25, 0.3) is 5.69 Å². The molecular weight excluding hydrogens is 458 g/mol. The molecule has 0 bridgehead atoms. The molecule has 0 aliphatic heterocycles. The third kappa shape index (κ3) is 5.13. The van der Waals surface area contributed by atoms with Crippen LogP contribution in [0.15, 0.2) is 68.6 Å². The number of esters is 1. The Kier molecular flexibility index (Phi) is 6.24. The molecule has 1 aliphatic carbocycles. The molecule has 0 amide bonds. The second kappa shape index (κ2) is 8.51. The van der Waals surface area contributed by atoms with Crippen LogP contribution >= 0.6 is 27.7 Å². The van der Waals surface area contributed by atoms with Crippen molar-refractivity contribution in [3.05, 3.63) is 79.3 Å². The fourth-order valence-electron chi connectivity index (χ4n) is 2.99. The van der Waals surface area contributed by atoms with Gasteiger partial charge in [-0.25, -0.2) is 4.79 Å². The van der Waals surface area contributed by atoms with Crippen molar-refractivity contribution >= 4 is 45.1 Å². The average molecular weight is 476 g/mol. The van der Waals surface area contributed by atoms with Gasteiger partial charge in [0.05, 0.1) is 15.4 Å². The number of allylic oxidation sites excluding steroid dienone is 2. The number of hydrogen-bond acceptors (Lipinski definition) is 6. The van der Waals surface area contributed by atoms with E-state index in [1.807, 2.05) is 13.8 Å². The van der Waals surface area contributed by atoms with Gasteiger partial charge in [-0.3, -0.25) is 14.9 Å². The number of thioether (sulfide) groups is 1. The van der Waals surface area contributed by atoms with Crippen LogP contribution in [0.1, 0.15) is 37.0 Å². The molecule has 3 rings (SSSR count). The molecule has 2 aromatic rings. The number of carbonyl (C=O) groups excluding carboxylic acids is 2. The second-order valence-electron chi connectivity index (χ2n) is 7.42. The smallest absolute Gasteiger partial charge is 0.344 e. The van der Waals surface area contributed by atoms with Crippen molar-refractivity contribution in [1.29, 1.82) is 0 Å². The van der Waals surface area contributed by atoms with Gasteiger partial charge in [-0.2, -0.15) is 0 Å². The fourth-order valence-corrected chi connectivity index (χ4v) is 4.36. The minimum Gasteiger partial charge on any atom is -0.426 e. The number of non-ortho nitro benzene ring substituents is 1. The Morgan fingerprint density at radius 1 is 1.14 bits per heavy atom. The molecule has 0 N–H and O–H groups in total. The Bertz CT molecular complexity index is 1010. The summed E-state index contributed by atoms with van der Waals surface area (Å²) in [5.41, 5.74) is 0.00990. The molecule has 2 aromatic carbocycles. The number of Topliss-reactive ketones (excluding diaryl/α,β-unsaturated/α-hetero) is 1. The van der Waals surface area contributed by atoms with Crippen LogP contribution in [0.3, 0.4) is 0 Å². The van der Waals surface area contributed by atoms with Gasteiger partial charge in [0, 0.05) is 34.3 Å². The van der Waals surface area contributed by atoms with E-state index >= 15 is 0 Å². The normalized spacial score (nSPS) is 15.9. The molecule has 0 atom stereocenters. The van der Waals surface area contributed by atoms with Crippen LogP contribution in [0.4, 0.5) is 5.69 Å². The molecule has 0 aromatic heterocycles. The quantitative estimate of drug-likeness (QED) is 0.303. The molecule has 8 heteroatoms. The van der Waals surface area contributed by atoms with Crippen molar-refractivity contribution in [2.24, 2.45) is 5.41 Å². The first kappa shape index (κ1) is 21.3. The number of ether oxygens (including phenoxy) is 1. The number of nitrogens with zero attached hydrogens (tertiary/aromatic N) is 1. The first-order valence-electron chi connectivity index (χ1n) is 8.82. The lowest BCUT2D eigenvalue weighted by molar-refractivity contribution is -0.384. The van der Waals surface area contributed by atoms with Crippen LogP contribution in [0.25, 0.3) is 0 Å². The lowest BCUT2D eigenvalue weighted by Gasteiger charge is -2.31. The van der Waals surface area contributed by atoms with Gasteiger partial charge in [0.15, 0.2) is 5.78 Å². The SMILES string of the molecule is CC1(C)CC(=O)C(Sc2ccc([N+](=O)[O-])cc2)=C(OC(=O)c2ccccc2Br)C1. The molecule has 0 saturated heterocycles. The van der Waals surface area contributed by atoms with Crippen LogP contribution in [0.5, 0.6) is 0 Å². The number of nitro groups is 1. The van der Waals surface area contributed by atoms with E-state index in [0.717, 1.165) is 11.8 Å². The molecule has 0 radical (unpaired) electrons. The highest BCUT2D eigenvalue weighted by molar-refractivity contribution is 9.10. The first-order valence-corrected chi connectivity index (χ1v) is 10.4. The van der Waals surface area contributed by atoms with Crippen molar-refractivity contribution in [2.45, 2.75) is 31.6 Å². The summed E-state index contributed by atoms with van der Waals surface area (Å²) in [6.07, 6.45) is 0.767. The molecule has 0 heterocycles. The maximum Gasteiger partial charge on any atom is 0.344 e. The van der Waals surface area contributed by atoms with Crippen molar-refractivity contribution in [3.63, 3.8) is 0 Å². The Hall–Kier alpha value is -2.45. The van der Waals surface area contributed by atoms with E-state index < -0.39 is 10.9 Å². The Morgan fingerprint density at radius 2 is 1.79 bits per heavy atom. The van der Waals surface area contributed by atoms with E-state index in [2.05, 4.69) is 15.9 Å². The van der Waals surface area contributed by atoms with Crippen LogP contribution < -0.4 is 0 Å². The van der Waals surface area contributed by atoms with Crippen molar-refractivity contribution < 1.29 is 19.2 Å². The summed E-state index contributed by atoms with van der Waals surface area (Å²) in [4.78, 5) is 36.9. The molecule has 150 valence electrons. The first-order chi connectivity index (χ1) is 13.7. The predicted molar refractivity (Wildman–Crippen MR) is 114 cm³/mol. The summed E-state index contributed by atoms with van der Waals surface area (Å²) in [5.74, 6) is -0.324. The molecular formula is C21H18BrNO5S. The Labute approximate surface area is 180 Å². The number of carbonyl (C=O) groups is 2. The lowest BCUT2D eigenvalue weighted by Crippen LogP contribution is -2.26. The number of ketones is 1. The van der Waals surface area contributed by atoms with Gasteiger partial charge in [-0.05, 0) is 45.6 Å². The molecule has 0 unspecified atom stereocenters. The highest BCUT2D eigenvalue weighted by Gasteiger charge is 2.36. The average Bonchev–Trinajstić information content (AvgIpc) is 2.64. The van der Waals surface area contributed by atoms with Gasteiger partial charge in [-0.1, -0.05) is 37.7 Å². The van der Waals surface area contributed by atoms with Crippen LogP contribution in [-0.2, 0) is 9.53 Å². The highest BCUT2D eigenvalue weighted by atomic mass is 79.9. The monoisotopic (exact) mass is 475 g/mol. The molecule has 0 spiro atoms. The van der Waals surface area contributed by atoms with E-state index in [-0.39, 0.29) is 16.9 Å². The third-order valence-corrected chi connectivity index (χ3v) is 6.22. The van der Waals surface area contributed by atoms with E-state index in [1.54, 1.807) is 36.4 Å². The summed E-state index contributed by atoms with van der Waals surface area (Å²) >= 11 is 4.50. The molecule has 29 heavy (non-hydrogen) atoms. The van der Waals surface area contributed by atoms with E-state index in [0.29, 0.717) is 38.4 Å². The second-order valence-corrected chi connectivity index (χ2v) is 9.35. The Morgan fingerprint density at radius 3 is 2.41 bits per heavy atom. The number of nitro benzene ring substituents is 1. The molecule has 0 saturated carbocycles. The van der Waals surface area contributed by atoms with Gasteiger partial charge < -0.3 is 4.74 Å². The van der Waals surface area contributed by atoms with Crippen LogP contribution in [-0.4, -0.2) is 16.7 Å². The maximum atomic E-state index is 12.8. The molecule has 1 aliphatic rings. The van der Waals surface area contributed by atoms with E-state index in [4.69, 9.17) is 4.74 Å². The van der Waals surface area contributed by atoms with Crippen LogP contribution in [0.2, 0.25) is 0 Å². The topological polar surface area (TPSA) is 86.5 Å². The summed E-state index contributed by atoms with van der Waals surface area (Å²) in [5, 5.41) is 10.8. The lowest BCUT2D eigenvalue weighted by atomic mass is 9.79. The third-order valence-electron chi connectivity index (χ3n) is 4.36. The molecule has 0 fully saturated rings. The summed E-state index contributed by atoms with van der Waals surface area (Å²) in [6, 6.07) is 12.8. The zero-order chi connectivity index (χ0) is 21.2. The maximum absolute atomic E-state index is 12.8. The standard InChI is InChI=1S/C21H18BrNO5S/c1-21(2)11-17(24)19(29-14-9-7-13(8-10-14)23(26)27)18(12-21)28-20(25)15-5-3-4-6-16(15)22/h3-10H,11-12H2,1-2H3. The van der Waals surface area contributed by atoms with Gasteiger partial charge in [0.1, 0.15) is 5.76 Å². The van der Waals surface area contributed by atoms with Gasteiger partial charge >= 0.3 is 5.97 Å². The minimum atomic E-state index is -0.542. The number of hydrogen-bond donors (Lipinski definition) is 0. The summed E-state index contributed by atoms with van der Waals surface area (Å²) in [6.45, 7) is 3.90. The van der Waals surface area contributed by atoms with Crippen molar-refractivity contribution in [1.82, 2.24) is 0 Å². The van der Waals surface area contributed by atoms with E-state index in [9.17, 15) is 19.7 Å². The zero-order valence-electron chi connectivity index (χ0n) is 15.8. The van der Waals surface area contributed by atoms with E-state index in [1.165, 1.54) is 12.1 Å². The number of halogens is 1. The van der Waals surface area contributed by atoms with Crippen molar-refractivity contribution in [2.75, 3.05) is 0 Å². The summed E-state index contributed by atoms with van der Waals surface area (Å²) < 4.78 is 6.28. The summed E-state index contributed by atoms with van der Waals surface area (Å²) in [7, 11) is 0. The van der Waals surface area contributed by atoms with Crippen molar-refractivity contribution in [3.8, 4) is 0 Å². The minimum absolute atomic E-state index is 0.0278. The van der Waals surface area contributed by atoms with Gasteiger partial charge in [0.2, 0.25) is 0 Å². The van der Waals surface area contributed by atoms with Gasteiger partial charge in [-0.15, -0.1) is 0 Å².